The van der Waals surface area contributed by atoms with Gasteiger partial charge in [0.15, 0.2) is 5.96 Å². The van der Waals surface area contributed by atoms with Gasteiger partial charge in [0.1, 0.15) is 0 Å². The Morgan fingerprint density at radius 3 is 2.50 bits per heavy atom. The van der Waals surface area contributed by atoms with E-state index in [-0.39, 0.29) is 18.3 Å². The first-order valence-electron chi connectivity index (χ1n) is 5.44. The minimum absolute atomic E-state index is 0.0584. The molecule has 3 N–H and O–H groups in total. The average molecular weight is 270 g/mol. The zero-order valence-corrected chi connectivity index (χ0v) is 11.3. The summed E-state index contributed by atoms with van der Waals surface area (Å²) in [5.74, 6) is 0.145. The molecule has 6 nitrogen and oxygen atoms in total. The monoisotopic (exact) mass is 270 g/mol. The van der Waals surface area contributed by atoms with Crippen LogP contribution in [0.4, 0.5) is 5.69 Å². The molecule has 1 rings (SSSR count). The molecular weight excluding hydrogens is 252 g/mol. The normalized spacial score (nSPS) is 12.7. The van der Waals surface area contributed by atoms with Crippen LogP contribution >= 0.6 is 0 Å². The van der Waals surface area contributed by atoms with Gasteiger partial charge in [0.2, 0.25) is 10.0 Å². The SMILES string of the molecule is CN(C)S(=O)(=O)CCN=C(N)Nc1ccccc1. The fraction of sp³-hybridized carbons (Fsp3) is 0.364. The summed E-state index contributed by atoms with van der Waals surface area (Å²) < 4.78 is 24.1. The van der Waals surface area contributed by atoms with Crippen molar-refractivity contribution in [2.24, 2.45) is 10.7 Å². The Bertz CT molecular complexity index is 497. The lowest BCUT2D eigenvalue weighted by atomic mass is 10.3. The number of benzene rings is 1. The Hall–Kier alpha value is -1.60. The standard InChI is InChI=1S/C11H18N4O2S/c1-15(2)18(16,17)9-8-13-11(12)14-10-6-4-3-5-7-10/h3-7H,8-9H2,1-2H3,(H3,12,13,14). The lowest BCUT2D eigenvalue weighted by molar-refractivity contribution is 0.521. The van der Waals surface area contributed by atoms with Crippen LogP contribution < -0.4 is 11.1 Å². The maximum Gasteiger partial charge on any atom is 0.215 e. The number of hydrogen-bond acceptors (Lipinski definition) is 3. The van der Waals surface area contributed by atoms with Gasteiger partial charge in [-0.2, -0.15) is 0 Å². The van der Waals surface area contributed by atoms with Crippen LogP contribution in [0.25, 0.3) is 0 Å². The topological polar surface area (TPSA) is 87.8 Å². The molecule has 0 radical (unpaired) electrons. The van der Waals surface area contributed by atoms with Gasteiger partial charge < -0.3 is 11.1 Å². The van der Waals surface area contributed by atoms with Gasteiger partial charge in [-0.15, -0.1) is 0 Å². The zero-order valence-electron chi connectivity index (χ0n) is 10.5. The molecule has 0 saturated heterocycles. The lowest BCUT2D eigenvalue weighted by Gasteiger charge is -2.10. The predicted octanol–water partition coefficient (Wildman–Crippen LogP) is 0.305. The van der Waals surface area contributed by atoms with Gasteiger partial charge in [-0.05, 0) is 12.1 Å². The number of anilines is 1. The highest BCUT2D eigenvalue weighted by Crippen LogP contribution is 2.03. The summed E-state index contributed by atoms with van der Waals surface area (Å²) in [6.45, 7) is 0.131. The van der Waals surface area contributed by atoms with Crippen molar-refractivity contribution in [1.29, 1.82) is 0 Å². The Labute approximate surface area is 108 Å². The number of hydrogen-bond donors (Lipinski definition) is 2. The molecule has 0 fully saturated rings. The third kappa shape index (κ3) is 4.72. The summed E-state index contributed by atoms with van der Waals surface area (Å²) in [4.78, 5) is 3.96. The van der Waals surface area contributed by atoms with Crippen LogP contribution in [0.1, 0.15) is 0 Å². The van der Waals surface area contributed by atoms with Crippen molar-refractivity contribution in [3.05, 3.63) is 30.3 Å². The van der Waals surface area contributed by atoms with Crippen LogP contribution in [-0.4, -0.2) is 45.1 Å². The highest BCUT2D eigenvalue weighted by atomic mass is 32.2. The largest absolute Gasteiger partial charge is 0.370 e. The van der Waals surface area contributed by atoms with E-state index in [4.69, 9.17) is 5.73 Å². The molecule has 0 aliphatic heterocycles. The zero-order chi connectivity index (χ0) is 13.6. The molecular formula is C11H18N4O2S. The minimum Gasteiger partial charge on any atom is -0.370 e. The third-order valence-electron chi connectivity index (χ3n) is 2.23. The van der Waals surface area contributed by atoms with Crippen molar-refractivity contribution >= 4 is 21.7 Å². The highest BCUT2D eigenvalue weighted by molar-refractivity contribution is 7.89. The highest BCUT2D eigenvalue weighted by Gasteiger charge is 2.12. The number of sulfonamides is 1. The molecule has 1 aromatic rings. The molecule has 0 bridgehead atoms. The summed E-state index contributed by atoms with van der Waals surface area (Å²) in [5.41, 5.74) is 6.46. The van der Waals surface area contributed by atoms with Crippen LogP contribution in [0.2, 0.25) is 0 Å². The molecule has 100 valence electrons. The quantitative estimate of drug-likeness (QED) is 0.595. The van der Waals surface area contributed by atoms with E-state index in [2.05, 4.69) is 10.3 Å². The predicted molar refractivity (Wildman–Crippen MR) is 74.0 cm³/mol. The van der Waals surface area contributed by atoms with Crippen molar-refractivity contribution < 1.29 is 8.42 Å². The van der Waals surface area contributed by atoms with Gasteiger partial charge in [-0.1, -0.05) is 18.2 Å². The van der Waals surface area contributed by atoms with Crippen LogP contribution in [-0.2, 0) is 10.0 Å². The smallest absolute Gasteiger partial charge is 0.215 e. The maximum atomic E-state index is 11.5. The Kier molecular flexibility index (Phi) is 5.11. The van der Waals surface area contributed by atoms with Gasteiger partial charge in [0.05, 0.1) is 12.3 Å². The van der Waals surface area contributed by atoms with Gasteiger partial charge >= 0.3 is 0 Å². The number of aliphatic imine (C=N–C) groups is 1. The maximum absolute atomic E-state index is 11.5. The van der Waals surface area contributed by atoms with Gasteiger partial charge in [0.25, 0.3) is 0 Å². The molecule has 0 heterocycles. The Balaban J connectivity index is 2.49. The van der Waals surface area contributed by atoms with E-state index in [1.54, 1.807) is 0 Å². The van der Waals surface area contributed by atoms with Gasteiger partial charge in [0, 0.05) is 19.8 Å². The van der Waals surface area contributed by atoms with Crippen LogP contribution in [0.3, 0.4) is 0 Å². The number of nitrogens with one attached hydrogen (secondary N) is 1. The minimum atomic E-state index is -3.22. The van der Waals surface area contributed by atoms with Gasteiger partial charge in [-0.25, -0.2) is 12.7 Å². The van der Waals surface area contributed by atoms with Crippen molar-refractivity contribution in [2.75, 3.05) is 31.7 Å². The molecule has 0 amide bonds. The Morgan fingerprint density at radius 2 is 1.94 bits per heavy atom. The van der Waals surface area contributed by atoms with E-state index in [0.29, 0.717) is 0 Å². The molecule has 0 aromatic heterocycles. The molecule has 0 unspecified atom stereocenters. The first-order valence-corrected chi connectivity index (χ1v) is 7.05. The van der Waals surface area contributed by atoms with Crippen LogP contribution in [0.15, 0.2) is 35.3 Å². The van der Waals surface area contributed by atoms with E-state index >= 15 is 0 Å². The molecule has 0 aliphatic rings. The van der Waals surface area contributed by atoms with Crippen LogP contribution in [0.5, 0.6) is 0 Å². The number of guanidine groups is 1. The second-order valence-electron chi connectivity index (χ2n) is 3.86. The molecule has 1 aromatic carbocycles. The van der Waals surface area contributed by atoms with E-state index in [1.807, 2.05) is 30.3 Å². The number of para-hydroxylation sites is 1. The fourth-order valence-corrected chi connectivity index (χ4v) is 1.86. The van der Waals surface area contributed by atoms with Crippen molar-refractivity contribution in [3.63, 3.8) is 0 Å². The van der Waals surface area contributed by atoms with E-state index in [0.717, 1.165) is 5.69 Å². The summed E-state index contributed by atoms with van der Waals surface area (Å²) >= 11 is 0. The number of nitrogens with zero attached hydrogens (tertiary/aromatic N) is 2. The summed E-state index contributed by atoms with van der Waals surface area (Å²) in [6, 6.07) is 9.32. The molecule has 0 saturated carbocycles. The molecule has 0 spiro atoms. The van der Waals surface area contributed by atoms with Gasteiger partial charge in [-0.3, -0.25) is 4.99 Å². The summed E-state index contributed by atoms with van der Waals surface area (Å²) in [7, 11) is -0.242. The van der Waals surface area contributed by atoms with E-state index in [1.165, 1.54) is 18.4 Å². The lowest BCUT2D eigenvalue weighted by Crippen LogP contribution is -2.28. The van der Waals surface area contributed by atoms with E-state index < -0.39 is 10.0 Å². The first-order chi connectivity index (χ1) is 8.42. The molecule has 0 aliphatic carbocycles. The summed E-state index contributed by atoms with van der Waals surface area (Å²) in [5, 5.41) is 2.88. The van der Waals surface area contributed by atoms with E-state index in [9.17, 15) is 8.42 Å². The van der Waals surface area contributed by atoms with Crippen molar-refractivity contribution in [2.45, 2.75) is 0 Å². The van der Waals surface area contributed by atoms with Crippen molar-refractivity contribution in [3.8, 4) is 0 Å². The first kappa shape index (κ1) is 14.5. The van der Waals surface area contributed by atoms with Crippen molar-refractivity contribution in [1.82, 2.24) is 4.31 Å². The second-order valence-corrected chi connectivity index (χ2v) is 6.16. The number of rotatable bonds is 5. The number of nitrogens with two attached hydrogens (primary N) is 1. The fourth-order valence-electron chi connectivity index (χ4n) is 1.17. The molecule has 7 heteroatoms. The van der Waals surface area contributed by atoms with Crippen LogP contribution in [0, 0.1) is 0 Å². The molecule has 18 heavy (non-hydrogen) atoms. The molecule has 0 atom stereocenters. The second kappa shape index (κ2) is 6.36. The third-order valence-corrected chi connectivity index (χ3v) is 4.05. The summed E-state index contributed by atoms with van der Waals surface area (Å²) in [6.07, 6.45) is 0. The Morgan fingerprint density at radius 1 is 1.33 bits per heavy atom. The average Bonchev–Trinajstić information content (AvgIpc) is 2.29.